The van der Waals surface area contributed by atoms with Gasteiger partial charge in [0.15, 0.2) is 0 Å². The Bertz CT molecular complexity index is 488. The Morgan fingerprint density at radius 1 is 1.25 bits per heavy atom. The van der Waals surface area contributed by atoms with Crippen molar-refractivity contribution in [2.24, 2.45) is 4.99 Å². The van der Waals surface area contributed by atoms with Crippen molar-refractivity contribution in [3.8, 4) is 0 Å². The van der Waals surface area contributed by atoms with Crippen molar-refractivity contribution in [1.82, 2.24) is 0 Å². The fourth-order valence-corrected chi connectivity index (χ4v) is 1.30. The predicted molar refractivity (Wildman–Crippen MR) is 66.7 cm³/mol. The van der Waals surface area contributed by atoms with Crippen LogP contribution in [-0.2, 0) is 20.9 Å². The second-order valence-electron chi connectivity index (χ2n) is 3.69. The van der Waals surface area contributed by atoms with Crippen molar-refractivity contribution in [3.63, 3.8) is 0 Å². The summed E-state index contributed by atoms with van der Waals surface area (Å²) in [6.07, 6.45) is -4.89. The Morgan fingerprint density at radius 2 is 1.90 bits per heavy atom. The number of alkyl halides is 2. The molecule has 0 aliphatic heterocycles. The van der Waals surface area contributed by atoms with Crippen molar-refractivity contribution in [1.29, 1.82) is 0 Å². The number of hydrogen-bond donors (Lipinski definition) is 0. The molecular weight excluding hydrogens is 272 g/mol. The Labute approximate surface area is 114 Å². The maximum absolute atomic E-state index is 12.2. The van der Waals surface area contributed by atoms with E-state index in [0.717, 1.165) is 7.11 Å². The molecule has 20 heavy (non-hydrogen) atoms. The highest BCUT2D eigenvalue weighted by Gasteiger charge is 2.19. The van der Waals surface area contributed by atoms with Crippen LogP contribution in [0.25, 0.3) is 0 Å². The summed E-state index contributed by atoms with van der Waals surface area (Å²) in [6, 6.07) is 8.74. The molecule has 0 aliphatic rings. The quantitative estimate of drug-likeness (QED) is 0.616. The van der Waals surface area contributed by atoms with Crippen LogP contribution in [0.1, 0.15) is 12.0 Å². The number of rotatable bonds is 5. The van der Waals surface area contributed by atoms with Gasteiger partial charge in [-0.3, -0.25) is 0 Å². The van der Waals surface area contributed by atoms with Gasteiger partial charge in [-0.1, -0.05) is 30.3 Å². The minimum Gasteiger partial charge on any atom is -0.465 e. The predicted octanol–water partition coefficient (Wildman–Crippen LogP) is 2.59. The van der Waals surface area contributed by atoms with Gasteiger partial charge in [0.1, 0.15) is 12.3 Å². The molecule has 1 aromatic carbocycles. The van der Waals surface area contributed by atoms with Gasteiger partial charge < -0.3 is 9.47 Å². The van der Waals surface area contributed by atoms with Crippen molar-refractivity contribution < 1.29 is 27.8 Å². The molecule has 0 unspecified atom stereocenters. The minimum atomic E-state index is -2.81. The normalized spacial score (nSPS) is 11.3. The third-order valence-corrected chi connectivity index (χ3v) is 2.20. The summed E-state index contributed by atoms with van der Waals surface area (Å²) < 4.78 is 33.5. The number of carbonyl (C=O) groups is 2. The number of amides is 1. The van der Waals surface area contributed by atoms with Crippen molar-refractivity contribution in [2.45, 2.75) is 19.5 Å². The molecule has 0 aliphatic carbocycles. The molecule has 0 saturated heterocycles. The van der Waals surface area contributed by atoms with Gasteiger partial charge in [0.05, 0.1) is 13.5 Å². The van der Waals surface area contributed by atoms with E-state index in [1.165, 1.54) is 0 Å². The van der Waals surface area contributed by atoms with E-state index in [1.807, 2.05) is 0 Å². The first-order valence-electron chi connectivity index (χ1n) is 5.67. The maximum Gasteiger partial charge on any atom is 0.434 e. The van der Waals surface area contributed by atoms with Gasteiger partial charge in [-0.2, -0.15) is 4.99 Å². The number of carbonyl (C=O) groups excluding carboxylic acids is 2. The fourth-order valence-electron chi connectivity index (χ4n) is 1.30. The molecule has 0 bridgehead atoms. The van der Waals surface area contributed by atoms with Crippen LogP contribution < -0.4 is 0 Å². The molecule has 0 heterocycles. The van der Waals surface area contributed by atoms with Crippen LogP contribution in [0, 0.1) is 0 Å². The highest BCUT2D eigenvalue weighted by atomic mass is 19.3. The molecule has 0 spiro atoms. The van der Waals surface area contributed by atoms with Crippen molar-refractivity contribution >= 4 is 17.8 Å². The second-order valence-corrected chi connectivity index (χ2v) is 3.69. The van der Waals surface area contributed by atoms with Crippen LogP contribution in [0.15, 0.2) is 35.3 Å². The summed E-state index contributed by atoms with van der Waals surface area (Å²) in [5.41, 5.74) is 0.0464. The van der Waals surface area contributed by atoms with E-state index in [1.54, 1.807) is 30.3 Å². The third-order valence-electron chi connectivity index (χ3n) is 2.20. The fraction of sp³-hybridized carbons (Fsp3) is 0.308. The van der Waals surface area contributed by atoms with Crippen LogP contribution in [0.4, 0.5) is 13.6 Å². The van der Waals surface area contributed by atoms with E-state index in [9.17, 15) is 18.4 Å². The summed E-state index contributed by atoms with van der Waals surface area (Å²) >= 11 is 0. The first-order chi connectivity index (χ1) is 9.52. The van der Waals surface area contributed by atoms with Crippen LogP contribution in [0.2, 0.25) is 0 Å². The van der Waals surface area contributed by atoms with E-state index in [2.05, 4.69) is 9.73 Å². The zero-order valence-electron chi connectivity index (χ0n) is 10.7. The smallest absolute Gasteiger partial charge is 0.434 e. The summed E-state index contributed by atoms with van der Waals surface area (Å²) in [7, 11) is 1.01. The Hall–Kier alpha value is -2.31. The topological polar surface area (TPSA) is 65.0 Å². The molecule has 0 atom stereocenters. The van der Waals surface area contributed by atoms with Gasteiger partial charge in [0.2, 0.25) is 6.43 Å². The zero-order chi connectivity index (χ0) is 15.0. The average molecular weight is 285 g/mol. The van der Waals surface area contributed by atoms with E-state index < -0.39 is 30.6 Å². The molecule has 0 fully saturated rings. The van der Waals surface area contributed by atoms with Gasteiger partial charge in [-0.05, 0) is 5.56 Å². The molecule has 1 aromatic rings. The lowest BCUT2D eigenvalue weighted by Crippen LogP contribution is -2.20. The lowest BCUT2D eigenvalue weighted by molar-refractivity contribution is -0.133. The molecule has 0 N–H and O–H groups in total. The molecule has 108 valence electrons. The van der Waals surface area contributed by atoms with E-state index in [-0.39, 0.29) is 6.61 Å². The van der Waals surface area contributed by atoms with E-state index in [4.69, 9.17) is 4.74 Å². The second kappa shape index (κ2) is 7.98. The highest BCUT2D eigenvalue weighted by molar-refractivity contribution is 6.37. The number of nitrogens with zero attached hydrogens (tertiary/aromatic N) is 1. The summed E-state index contributed by atoms with van der Waals surface area (Å²) in [4.78, 5) is 25.7. The largest absolute Gasteiger partial charge is 0.465 e. The molecule has 7 heteroatoms. The number of halogens is 2. The van der Waals surface area contributed by atoms with Crippen LogP contribution in [0.5, 0.6) is 0 Å². The third kappa shape index (κ3) is 5.55. The number of benzene rings is 1. The molecule has 1 rings (SSSR count). The standard InChI is InChI=1S/C13H13F2NO4/c1-19-12(17)10(7-11(14)15)16-13(18)20-8-9-5-3-2-4-6-9/h2-6,11H,7-8H2,1H3. The Morgan fingerprint density at radius 3 is 2.45 bits per heavy atom. The number of esters is 1. The van der Waals surface area contributed by atoms with Gasteiger partial charge in [-0.25, -0.2) is 18.4 Å². The van der Waals surface area contributed by atoms with Crippen molar-refractivity contribution in [3.05, 3.63) is 35.9 Å². The highest BCUT2D eigenvalue weighted by Crippen LogP contribution is 2.05. The summed E-state index contributed by atoms with van der Waals surface area (Å²) in [6.45, 7) is -0.0632. The molecule has 0 saturated carbocycles. The lowest BCUT2D eigenvalue weighted by atomic mass is 10.2. The van der Waals surface area contributed by atoms with Gasteiger partial charge in [-0.15, -0.1) is 0 Å². The van der Waals surface area contributed by atoms with E-state index >= 15 is 0 Å². The molecule has 0 aromatic heterocycles. The number of hydrogen-bond acceptors (Lipinski definition) is 4. The maximum atomic E-state index is 12.2. The molecule has 1 amide bonds. The monoisotopic (exact) mass is 285 g/mol. The average Bonchev–Trinajstić information content (AvgIpc) is 2.44. The van der Waals surface area contributed by atoms with Crippen LogP contribution in [-0.4, -0.2) is 31.3 Å². The first kappa shape index (κ1) is 15.7. The minimum absolute atomic E-state index is 0.0632. The van der Waals surface area contributed by atoms with Gasteiger partial charge in [0, 0.05) is 0 Å². The van der Waals surface area contributed by atoms with E-state index in [0.29, 0.717) is 5.56 Å². The summed E-state index contributed by atoms with van der Waals surface area (Å²) in [5.74, 6) is -1.08. The molecular formula is C13H13F2NO4. The Kier molecular flexibility index (Phi) is 6.28. The zero-order valence-corrected chi connectivity index (χ0v) is 10.7. The molecule has 5 nitrogen and oxygen atoms in total. The Balaban J connectivity index is 2.63. The van der Waals surface area contributed by atoms with Gasteiger partial charge >= 0.3 is 12.1 Å². The van der Waals surface area contributed by atoms with Crippen LogP contribution >= 0.6 is 0 Å². The first-order valence-corrected chi connectivity index (χ1v) is 5.67. The summed E-state index contributed by atoms with van der Waals surface area (Å²) in [5, 5.41) is 0. The molecule has 0 radical (unpaired) electrons. The number of ether oxygens (including phenoxy) is 2. The number of methoxy groups -OCH3 is 1. The van der Waals surface area contributed by atoms with Gasteiger partial charge in [0.25, 0.3) is 0 Å². The number of aliphatic imine (C=N–C) groups is 1. The lowest BCUT2D eigenvalue weighted by Gasteiger charge is -2.04. The SMILES string of the molecule is COC(=O)C(CC(F)F)=NC(=O)OCc1ccccc1. The van der Waals surface area contributed by atoms with Crippen LogP contribution in [0.3, 0.4) is 0 Å². The van der Waals surface area contributed by atoms with Crippen molar-refractivity contribution in [2.75, 3.05) is 7.11 Å².